The Morgan fingerprint density at radius 3 is 2.59 bits per heavy atom. The molecule has 1 aliphatic heterocycles. The van der Waals surface area contributed by atoms with E-state index in [1.807, 2.05) is 38.1 Å². The fraction of sp³-hybridized carbons (Fsp3) is 0.304. The van der Waals surface area contributed by atoms with Gasteiger partial charge in [0, 0.05) is 30.1 Å². The van der Waals surface area contributed by atoms with Gasteiger partial charge in [0.1, 0.15) is 17.9 Å². The number of hydrogen-bond acceptors (Lipinski definition) is 5. The molecule has 0 unspecified atom stereocenters. The van der Waals surface area contributed by atoms with Crippen LogP contribution in [0, 0.1) is 13.8 Å². The van der Waals surface area contributed by atoms with Crippen LogP contribution >= 0.6 is 0 Å². The van der Waals surface area contributed by atoms with Crippen molar-refractivity contribution in [1.82, 2.24) is 4.90 Å². The van der Waals surface area contributed by atoms with Crippen LogP contribution < -0.4 is 10.4 Å². The molecule has 3 aromatic rings. The lowest BCUT2D eigenvalue weighted by Crippen LogP contribution is -2.40. The first-order chi connectivity index (χ1) is 14.0. The van der Waals surface area contributed by atoms with E-state index in [2.05, 4.69) is 0 Å². The standard InChI is InChI=1S/C23H23NO5/c1-15-11-19-17(13-22(25)29-21(19)12-16(15)2)14-28-20-6-4-3-5-18(20)23(26)24-7-9-27-10-8-24/h3-6,11-13H,7-10,14H2,1-2H3. The number of rotatable bonds is 4. The van der Waals surface area contributed by atoms with Crippen molar-refractivity contribution in [2.24, 2.45) is 0 Å². The molecule has 0 bridgehead atoms. The van der Waals surface area contributed by atoms with Crippen LogP contribution in [-0.2, 0) is 11.3 Å². The summed E-state index contributed by atoms with van der Waals surface area (Å²) in [5.41, 5.74) is 3.52. The smallest absolute Gasteiger partial charge is 0.336 e. The first-order valence-electron chi connectivity index (χ1n) is 9.66. The molecule has 150 valence electrons. The second kappa shape index (κ2) is 8.09. The van der Waals surface area contributed by atoms with Crippen LogP contribution in [0.1, 0.15) is 27.0 Å². The van der Waals surface area contributed by atoms with Crippen LogP contribution in [0.4, 0.5) is 0 Å². The molecule has 6 heteroatoms. The van der Waals surface area contributed by atoms with Gasteiger partial charge in [0.05, 0.1) is 18.8 Å². The Labute approximate surface area is 168 Å². The van der Waals surface area contributed by atoms with Crippen molar-refractivity contribution >= 4 is 16.9 Å². The van der Waals surface area contributed by atoms with Gasteiger partial charge in [-0.05, 0) is 49.2 Å². The Hall–Kier alpha value is -3.12. The first kappa shape index (κ1) is 19.2. The van der Waals surface area contributed by atoms with Gasteiger partial charge in [-0.25, -0.2) is 4.79 Å². The highest BCUT2D eigenvalue weighted by molar-refractivity contribution is 5.97. The van der Waals surface area contributed by atoms with E-state index in [1.165, 1.54) is 6.07 Å². The van der Waals surface area contributed by atoms with Crippen molar-refractivity contribution < 1.29 is 18.7 Å². The van der Waals surface area contributed by atoms with E-state index >= 15 is 0 Å². The highest BCUT2D eigenvalue weighted by atomic mass is 16.5. The quantitative estimate of drug-likeness (QED) is 0.635. The van der Waals surface area contributed by atoms with Crippen molar-refractivity contribution in [3.05, 3.63) is 75.1 Å². The molecule has 0 aliphatic carbocycles. The minimum Gasteiger partial charge on any atom is -0.488 e. The van der Waals surface area contributed by atoms with Crippen molar-refractivity contribution in [2.75, 3.05) is 26.3 Å². The Morgan fingerprint density at radius 1 is 1.07 bits per heavy atom. The normalized spacial score (nSPS) is 14.2. The van der Waals surface area contributed by atoms with Gasteiger partial charge >= 0.3 is 5.63 Å². The Kier molecular flexibility index (Phi) is 5.36. The number of hydrogen-bond donors (Lipinski definition) is 0. The van der Waals surface area contributed by atoms with Crippen molar-refractivity contribution in [3.8, 4) is 5.75 Å². The number of benzene rings is 2. The third kappa shape index (κ3) is 4.03. The first-order valence-corrected chi connectivity index (χ1v) is 9.66. The van der Waals surface area contributed by atoms with Gasteiger partial charge in [-0.2, -0.15) is 0 Å². The average Bonchev–Trinajstić information content (AvgIpc) is 2.73. The number of carbonyl (C=O) groups is 1. The summed E-state index contributed by atoms with van der Waals surface area (Å²) in [6.07, 6.45) is 0. The van der Waals surface area contributed by atoms with Gasteiger partial charge in [-0.3, -0.25) is 4.79 Å². The molecule has 0 radical (unpaired) electrons. The van der Waals surface area contributed by atoms with E-state index in [0.717, 1.165) is 22.1 Å². The molecule has 1 aliphatic rings. The minimum atomic E-state index is -0.419. The number of fused-ring (bicyclic) bond motifs is 1. The molecule has 0 N–H and O–H groups in total. The number of para-hydroxylation sites is 1. The Morgan fingerprint density at radius 2 is 1.79 bits per heavy atom. The lowest BCUT2D eigenvalue weighted by Gasteiger charge is -2.27. The molecule has 2 heterocycles. The lowest BCUT2D eigenvalue weighted by molar-refractivity contribution is 0.0300. The van der Waals surface area contributed by atoms with E-state index < -0.39 is 5.63 Å². The van der Waals surface area contributed by atoms with Crippen molar-refractivity contribution in [1.29, 1.82) is 0 Å². The molecule has 0 atom stereocenters. The van der Waals surface area contributed by atoms with E-state index in [1.54, 1.807) is 17.0 Å². The summed E-state index contributed by atoms with van der Waals surface area (Å²) in [5, 5.41) is 0.838. The SMILES string of the molecule is Cc1cc2oc(=O)cc(COc3ccccc3C(=O)N3CCOCC3)c2cc1C. The van der Waals surface area contributed by atoms with Gasteiger partial charge in [-0.1, -0.05) is 12.1 Å². The third-order valence-corrected chi connectivity index (χ3v) is 5.24. The van der Waals surface area contributed by atoms with Crippen LogP contribution in [-0.4, -0.2) is 37.1 Å². The van der Waals surface area contributed by atoms with Crippen LogP contribution in [0.2, 0.25) is 0 Å². The van der Waals surface area contributed by atoms with Crippen LogP contribution in [0.15, 0.2) is 51.7 Å². The predicted molar refractivity (Wildman–Crippen MR) is 109 cm³/mol. The van der Waals surface area contributed by atoms with Crippen LogP contribution in [0.3, 0.4) is 0 Å². The maximum atomic E-state index is 12.9. The Balaban J connectivity index is 1.62. The van der Waals surface area contributed by atoms with Gasteiger partial charge in [0.15, 0.2) is 0 Å². The summed E-state index contributed by atoms with van der Waals surface area (Å²) in [6.45, 7) is 6.37. The number of nitrogens with zero attached hydrogens (tertiary/aromatic N) is 1. The zero-order valence-electron chi connectivity index (χ0n) is 16.6. The Bertz CT molecular complexity index is 1110. The number of amides is 1. The zero-order valence-corrected chi connectivity index (χ0v) is 16.6. The van der Waals surface area contributed by atoms with Crippen molar-refractivity contribution in [3.63, 3.8) is 0 Å². The molecule has 6 nitrogen and oxygen atoms in total. The molecule has 1 saturated heterocycles. The predicted octanol–water partition coefficient (Wildman–Crippen LogP) is 3.46. The molecular weight excluding hydrogens is 370 g/mol. The second-order valence-electron chi connectivity index (χ2n) is 7.21. The molecule has 1 amide bonds. The molecular formula is C23H23NO5. The fourth-order valence-electron chi connectivity index (χ4n) is 3.46. The maximum absolute atomic E-state index is 12.9. The summed E-state index contributed by atoms with van der Waals surface area (Å²) in [5.74, 6) is 0.419. The molecule has 1 aromatic heterocycles. The molecule has 1 fully saturated rings. The molecule has 4 rings (SSSR count). The van der Waals surface area contributed by atoms with E-state index in [4.69, 9.17) is 13.9 Å². The highest BCUT2D eigenvalue weighted by Gasteiger charge is 2.21. The van der Waals surface area contributed by atoms with E-state index in [0.29, 0.717) is 43.2 Å². The monoisotopic (exact) mass is 393 g/mol. The molecule has 0 spiro atoms. The number of aryl methyl sites for hydroxylation is 2. The molecule has 0 saturated carbocycles. The van der Waals surface area contributed by atoms with Gasteiger partial charge in [0.2, 0.25) is 0 Å². The maximum Gasteiger partial charge on any atom is 0.336 e. The van der Waals surface area contributed by atoms with Crippen molar-refractivity contribution in [2.45, 2.75) is 20.5 Å². The van der Waals surface area contributed by atoms with E-state index in [-0.39, 0.29) is 12.5 Å². The van der Waals surface area contributed by atoms with Crippen LogP contribution in [0.5, 0.6) is 5.75 Å². The number of ether oxygens (including phenoxy) is 2. The minimum absolute atomic E-state index is 0.0761. The highest BCUT2D eigenvalue weighted by Crippen LogP contribution is 2.25. The van der Waals surface area contributed by atoms with Gasteiger partial charge in [0.25, 0.3) is 5.91 Å². The summed E-state index contributed by atoms with van der Waals surface area (Å²) in [4.78, 5) is 26.7. The van der Waals surface area contributed by atoms with Gasteiger partial charge in [-0.15, -0.1) is 0 Å². The summed E-state index contributed by atoms with van der Waals surface area (Å²) in [7, 11) is 0. The number of morpholine rings is 1. The average molecular weight is 393 g/mol. The largest absolute Gasteiger partial charge is 0.488 e. The third-order valence-electron chi connectivity index (χ3n) is 5.24. The zero-order chi connectivity index (χ0) is 20.4. The lowest BCUT2D eigenvalue weighted by atomic mass is 10.0. The fourth-order valence-corrected chi connectivity index (χ4v) is 3.46. The summed E-state index contributed by atoms with van der Waals surface area (Å²) < 4.78 is 16.7. The summed E-state index contributed by atoms with van der Waals surface area (Å²) >= 11 is 0. The topological polar surface area (TPSA) is 69.0 Å². The summed E-state index contributed by atoms with van der Waals surface area (Å²) in [6, 6.07) is 12.5. The number of carbonyl (C=O) groups excluding carboxylic acids is 1. The second-order valence-corrected chi connectivity index (χ2v) is 7.21. The van der Waals surface area contributed by atoms with Crippen LogP contribution in [0.25, 0.3) is 11.0 Å². The van der Waals surface area contributed by atoms with Gasteiger partial charge < -0.3 is 18.8 Å². The molecule has 2 aromatic carbocycles. The van der Waals surface area contributed by atoms with E-state index in [9.17, 15) is 9.59 Å². The molecule has 29 heavy (non-hydrogen) atoms.